The fourth-order valence-electron chi connectivity index (χ4n) is 2.73. The van der Waals surface area contributed by atoms with E-state index in [0.29, 0.717) is 5.92 Å². The molecule has 0 saturated carbocycles. The number of halogens is 2. The van der Waals surface area contributed by atoms with Gasteiger partial charge in [0, 0.05) is 29.2 Å². The Labute approximate surface area is 116 Å². The van der Waals surface area contributed by atoms with E-state index < -0.39 is 0 Å². The normalized spacial score (nSPS) is 25.0. The van der Waals surface area contributed by atoms with Crippen LogP contribution in [0.5, 0.6) is 0 Å². The number of rotatable bonds is 3. The zero-order valence-electron chi connectivity index (χ0n) is 10.9. The third-order valence-electron chi connectivity index (χ3n) is 3.43. The second-order valence-electron chi connectivity index (χ2n) is 5.45. The van der Waals surface area contributed by atoms with Crippen LogP contribution in [0.1, 0.15) is 31.9 Å². The summed E-state index contributed by atoms with van der Waals surface area (Å²) in [5.41, 5.74) is 6.89. The van der Waals surface area contributed by atoms with Crippen molar-refractivity contribution in [2.24, 2.45) is 11.7 Å². The average molecular weight is 315 g/mol. The van der Waals surface area contributed by atoms with Crippen molar-refractivity contribution in [3.8, 4) is 0 Å². The lowest BCUT2D eigenvalue weighted by atomic mass is 9.99. The molecule has 1 aromatic carbocycles. The Morgan fingerprint density at radius 3 is 2.83 bits per heavy atom. The van der Waals surface area contributed by atoms with Crippen molar-refractivity contribution in [1.82, 2.24) is 4.90 Å². The van der Waals surface area contributed by atoms with Crippen molar-refractivity contribution in [2.45, 2.75) is 32.4 Å². The molecule has 0 aliphatic carbocycles. The molecule has 1 fully saturated rings. The van der Waals surface area contributed by atoms with Crippen LogP contribution < -0.4 is 5.73 Å². The van der Waals surface area contributed by atoms with Crippen LogP contribution in [-0.2, 0) is 0 Å². The fourth-order valence-corrected chi connectivity index (χ4v) is 3.06. The van der Waals surface area contributed by atoms with Gasteiger partial charge in [-0.3, -0.25) is 4.90 Å². The molecule has 18 heavy (non-hydrogen) atoms. The molecule has 2 nitrogen and oxygen atoms in total. The lowest BCUT2D eigenvalue weighted by Crippen LogP contribution is -2.34. The Bertz CT molecular complexity index is 422. The van der Waals surface area contributed by atoms with E-state index >= 15 is 0 Å². The lowest BCUT2D eigenvalue weighted by Gasteiger charge is -2.28. The summed E-state index contributed by atoms with van der Waals surface area (Å²) >= 11 is 3.29. The van der Waals surface area contributed by atoms with Gasteiger partial charge in [0.2, 0.25) is 0 Å². The third kappa shape index (κ3) is 2.92. The summed E-state index contributed by atoms with van der Waals surface area (Å²) in [6.45, 7) is 6.28. The average Bonchev–Trinajstić information content (AvgIpc) is 2.60. The van der Waals surface area contributed by atoms with E-state index in [2.05, 4.69) is 34.7 Å². The fraction of sp³-hybridized carbons (Fsp3) is 0.571. The van der Waals surface area contributed by atoms with Gasteiger partial charge in [0.1, 0.15) is 5.82 Å². The number of benzene rings is 1. The maximum atomic E-state index is 14.1. The molecular weight excluding hydrogens is 295 g/mol. The SMILES string of the molecule is CC(C)CN1CCC(N)C1c1ccc(Br)cc1F. The predicted molar refractivity (Wildman–Crippen MR) is 75.8 cm³/mol. The first-order valence-electron chi connectivity index (χ1n) is 6.43. The van der Waals surface area contributed by atoms with Gasteiger partial charge in [-0.2, -0.15) is 0 Å². The molecule has 1 aliphatic rings. The maximum Gasteiger partial charge on any atom is 0.129 e. The number of nitrogens with two attached hydrogens (primary N) is 1. The Hall–Kier alpha value is -0.450. The second-order valence-corrected chi connectivity index (χ2v) is 6.37. The van der Waals surface area contributed by atoms with Crippen LogP contribution in [0.2, 0.25) is 0 Å². The van der Waals surface area contributed by atoms with Gasteiger partial charge in [0.25, 0.3) is 0 Å². The molecule has 1 heterocycles. The summed E-state index contributed by atoms with van der Waals surface area (Å²) in [7, 11) is 0. The highest BCUT2D eigenvalue weighted by Crippen LogP contribution is 2.34. The van der Waals surface area contributed by atoms with E-state index in [4.69, 9.17) is 5.73 Å². The molecule has 4 heteroatoms. The number of nitrogens with zero attached hydrogens (tertiary/aromatic N) is 1. The minimum Gasteiger partial charge on any atom is -0.326 e. The van der Waals surface area contributed by atoms with Crippen molar-refractivity contribution >= 4 is 15.9 Å². The Morgan fingerprint density at radius 1 is 1.50 bits per heavy atom. The number of likely N-dealkylation sites (tertiary alicyclic amines) is 1. The van der Waals surface area contributed by atoms with Crippen molar-refractivity contribution in [1.29, 1.82) is 0 Å². The summed E-state index contributed by atoms with van der Waals surface area (Å²) in [5.74, 6) is 0.400. The first-order chi connectivity index (χ1) is 8.49. The summed E-state index contributed by atoms with van der Waals surface area (Å²) in [6.07, 6.45) is 0.937. The summed E-state index contributed by atoms with van der Waals surface area (Å²) in [4.78, 5) is 2.31. The zero-order valence-corrected chi connectivity index (χ0v) is 12.5. The van der Waals surface area contributed by atoms with Gasteiger partial charge in [-0.15, -0.1) is 0 Å². The first kappa shape index (κ1) is 14.0. The summed E-state index contributed by atoms with van der Waals surface area (Å²) in [6, 6.07) is 5.30. The molecule has 1 aliphatic heterocycles. The zero-order chi connectivity index (χ0) is 13.3. The molecule has 0 amide bonds. The third-order valence-corrected chi connectivity index (χ3v) is 3.92. The molecule has 0 aromatic heterocycles. The molecule has 0 bridgehead atoms. The second kappa shape index (κ2) is 5.68. The van der Waals surface area contributed by atoms with E-state index in [0.717, 1.165) is 29.5 Å². The van der Waals surface area contributed by atoms with Crippen LogP contribution in [0.15, 0.2) is 22.7 Å². The quantitative estimate of drug-likeness (QED) is 0.927. The monoisotopic (exact) mass is 314 g/mol. The van der Waals surface area contributed by atoms with Gasteiger partial charge in [-0.25, -0.2) is 4.39 Å². The minimum atomic E-state index is -0.166. The van der Waals surface area contributed by atoms with Crippen LogP contribution in [-0.4, -0.2) is 24.0 Å². The van der Waals surface area contributed by atoms with Gasteiger partial charge in [-0.05, 0) is 24.5 Å². The lowest BCUT2D eigenvalue weighted by molar-refractivity contribution is 0.217. The van der Waals surface area contributed by atoms with Gasteiger partial charge in [0.15, 0.2) is 0 Å². The van der Waals surface area contributed by atoms with E-state index in [1.807, 2.05) is 12.1 Å². The molecule has 0 radical (unpaired) electrons. The van der Waals surface area contributed by atoms with Gasteiger partial charge < -0.3 is 5.73 Å². The van der Waals surface area contributed by atoms with Crippen LogP contribution >= 0.6 is 15.9 Å². The van der Waals surface area contributed by atoms with Crippen LogP contribution in [0.4, 0.5) is 4.39 Å². The Balaban J connectivity index is 2.27. The van der Waals surface area contributed by atoms with E-state index in [-0.39, 0.29) is 17.9 Å². The standard InChI is InChI=1S/C14H20BrFN2/c1-9(2)8-18-6-5-13(17)14(18)11-4-3-10(15)7-12(11)16/h3-4,7,9,13-14H,5-6,8,17H2,1-2H3. The molecule has 2 N–H and O–H groups in total. The van der Waals surface area contributed by atoms with Gasteiger partial charge in [-0.1, -0.05) is 35.8 Å². The van der Waals surface area contributed by atoms with Crippen molar-refractivity contribution < 1.29 is 4.39 Å². The van der Waals surface area contributed by atoms with Crippen molar-refractivity contribution in [3.63, 3.8) is 0 Å². The van der Waals surface area contributed by atoms with Crippen molar-refractivity contribution in [3.05, 3.63) is 34.1 Å². The van der Waals surface area contributed by atoms with Crippen LogP contribution in [0, 0.1) is 11.7 Å². The van der Waals surface area contributed by atoms with E-state index in [1.165, 1.54) is 6.07 Å². The molecule has 2 unspecified atom stereocenters. The molecular formula is C14H20BrFN2. The number of hydrogen-bond donors (Lipinski definition) is 1. The van der Waals surface area contributed by atoms with Gasteiger partial charge in [0.05, 0.1) is 6.04 Å². The minimum absolute atomic E-state index is 0.0144. The highest BCUT2D eigenvalue weighted by molar-refractivity contribution is 9.10. The Morgan fingerprint density at radius 2 is 2.22 bits per heavy atom. The first-order valence-corrected chi connectivity index (χ1v) is 7.23. The highest BCUT2D eigenvalue weighted by Gasteiger charge is 2.34. The highest BCUT2D eigenvalue weighted by atomic mass is 79.9. The Kier molecular flexibility index (Phi) is 4.41. The maximum absolute atomic E-state index is 14.1. The summed E-state index contributed by atoms with van der Waals surface area (Å²) in [5, 5.41) is 0. The number of hydrogen-bond acceptors (Lipinski definition) is 2. The van der Waals surface area contributed by atoms with Crippen LogP contribution in [0.25, 0.3) is 0 Å². The topological polar surface area (TPSA) is 29.3 Å². The van der Waals surface area contributed by atoms with E-state index in [1.54, 1.807) is 0 Å². The molecule has 1 saturated heterocycles. The molecule has 0 spiro atoms. The smallest absolute Gasteiger partial charge is 0.129 e. The molecule has 2 rings (SSSR count). The predicted octanol–water partition coefficient (Wildman–Crippen LogP) is 3.32. The largest absolute Gasteiger partial charge is 0.326 e. The van der Waals surface area contributed by atoms with Gasteiger partial charge >= 0.3 is 0 Å². The van der Waals surface area contributed by atoms with E-state index in [9.17, 15) is 4.39 Å². The van der Waals surface area contributed by atoms with Crippen LogP contribution in [0.3, 0.4) is 0 Å². The molecule has 100 valence electrons. The summed E-state index contributed by atoms with van der Waals surface area (Å²) < 4.78 is 14.8. The van der Waals surface area contributed by atoms with Crippen molar-refractivity contribution in [2.75, 3.05) is 13.1 Å². The molecule has 2 atom stereocenters. The molecule has 1 aromatic rings.